The Morgan fingerprint density at radius 3 is 2.46 bits per heavy atom. The second kappa shape index (κ2) is 6.38. The van der Waals surface area contributed by atoms with Crippen LogP contribution in [0.25, 0.3) is 16.9 Å². The fourth-order valence-electron chi connectivity index (χ4n) is 3.65. The third-order valence-electron chi connectivity index (χ3n) is 4.54. The van der Waals surface area contributed by atoms with Crippen molar-refractivity contribution in [2.24, 2.45) is 0 Å². The first-order valence-electron chi connectivity index (χ1n) is 8.60. The molecule has 1 aliphatic rings. The van der Waals surface area contributed by atoms with Crippen LogP contribution in [0.2, 0.25) is 0 Å². The normalized spacial score (nSPS) is 22.1. The molecule has 2 aromatic heterocycles. The van der Waals surface area contributed by atoms with Gasteiger partial charge in [-0.2, -0.15) is 0 Å². The highest BCUT2D eigenvalue weighted by Crippen LogP contribution is 2.26. The lowest BCUT2D eigenvalue weighted by molar-refractivity contribution is -0.0707. The third-order valence-corrected chi connectivity index (χ3v) is 4.54. The van der Waals surface area contributed by atoms with Crippen LogP contribution in [-0.2, 0) is 11.3 Å². The SMILES string of the molecule is C[C@H]1CN(Cc2c(-c3ccccc3)nc3ccccn23)C[C@H](C)O1. The van der Waals surface area contributed by atoms with E-state index in [1.165, 1.54) is 11.3 Å². The van der Waals surface area contributed by atoms with Crippen LogP contribution >= 0.6 is 0 Å². The maximum absolute atomic E-state index is 5.87. The van der Waals surface area contributed by atoms with Gasteiger partial charge in [-0.25, -0.2) is 4.98 Å². The Bertz CT molecular complexity index is 817. The number of nitrogens with zero attached hydrogens (tertiary/aromatic N) is 3. The van der Waals surface area contributed by atoms with Crippen molar-refractivity contribution in [3.05, 3.63) is 60.4 Å². The molecule has 0 saturated carbocycles. The second-order valence-electron chi connectivity index (χ2n) is 6.65. The van der Waals surface area contributed by atoms with E-state index >= 15 is 0 Å². The molecule has 0 bridgehead atoms. The number of imidazole rings is 1. The molecule has 0 radical (unpaired) electrons. The van der Waals surface area contributed by atoms with Gasteiger partial charge in [0.05, 0.1) is 23.6 Å². The van der Waals surface area contributed by atoms with Gasteiger partial charge in [0.15, 0.2) is 0 Å². The molecule has 4 rings (SSSR count). The van der Waals surface area contributed by atoms with Gasteiger partial charge in [-0.15, -0.1) is 0 Å². The molecule has 0 N–H and O–H groups in total. The molecule has 0 amide bonds. The molecule has 1 fully saturated rings. The molecule has 0 aliphatic carbocycles. The summed E-state index contributed by atoms with van der Waals surface area (Å²) in [4.78, 5) is 7.37. The van der Waals surface area contributed by atoms with Crippen LogP contribution in [-0.4, -0.2) is 39.6 Å². The Morgan fingerprint density at radius 1 is 1.00 bits per heavy atom. The fraction of sp³-hybridized carbons (Fsp3) is 0.350. The monoisotopic (exact) mass is 321 g/mol. The molecule has 2 atom stereocenters. The van der Waals surface area contributed by atoms with E-state index in [4.69, 9.17) is 9.72 Å². The number of hydrogen-bond donors (Lipinski definition) is 0. The van der Waals surface area contributed by atoms with Crippen molar-refractivity contribution in [3.8, 4) is 11.3 Å². The summed E-state index contributed by atoms with van der Waals surface area (Å²) < 4.78 is 8.09. The maximum atomic E-state index is 5.87. The number of morpholine rings is 1. The van der Waals surface area contributed by atoms with Crippen LogP contribution in [0, 0.1) is 0 Å². The van der Waals surface area contributed by atoms with Crippen LogP contribution in [0.1, 0.15) is 19.5 Å². The van der Waals surface area contributed by atoms with Gasteiger partial charge in [-0.05, 0) is 26.0 Å². The standard InChI is InChI=1S/C20H23N3O/c1-15-12-22(13-16(2)24-15)14-18-20(17-8-4-3-5-9-17)21-19-10-6-7-11-23(18)19/h3-11,15-16H,12-14H2,1-2H3/t15-,16-/m0/s1. The zero-order valence-electron chi connectivity index (χ0n) is 14.2. The highest BCUT2D eigenvalue weighted by Gasteiger charge is 2.24. The minimum Gasteiger partial charge on any atom is -0.373 e. The molecule has 24 heavy (non-hydrogen) atoms. The van der Waals surface area contributed by atoms with Crippen molar-refractivity contribution in [1.82, 2.24) is 14.3 Å². The summed E-state index contributed by atoms with van der Waals surface area (Å²) in [5.74, 6) is 0. The topological polar surface area (TPSA) is 29.8 Å². The third kappa shape index (κ3) is 2.95. The maximum Gasteiger partial charge on any atom is 0.137 e. The first-order valence-corrected chi connectivity index (χ1v) is 8.60. The van der Waals surface area contributed by atoms with E-state index in [0.717, 1.165) is 31.0 Å². The molecule has 0 spiro atoms. The van der Waals surface area contributed by atoms with E-state index in [1.54, 1.807) is 0 Å². The summed E-state index contributed by atoms with van der Waals surface area (Å²) in [6.07, 6.45) is 2.65. The zero-order valence-corrected chi connectivity index (χ0v) is 14.2. The highest BCUT2D eigenvalue weighted by molar-refractivity contribution is 5.66. The van der Waals surface area contributed by atoms with Crippen molar-refractivity contribution in [1.29, 1.82) is 0 Å². The number of aromatic nitrogens is 2. The van der Waals surface area contributed by atoms with Gasteiger partial charge >= 0.3 is 0 Å². The lowest BCUT2D eigenvalue weighted by Gasteiger charge is -2.35. The molecule has 0 unspecified atom stereocenters. The van der Waals surface area contributed by atoms with E-state index in [9.17, 15) is 0 Å². The Morgan fingerprint density at radius 2 is 1.71 bits per heavy atom. The average molecular weight is 321 g/mol. The van der Waals surface area contributed by atoms with Gasteiger partial charge in [0.1, 0.15) is 5.65 Å². The minimum absolute atomic E-state index is 0.271. The van der Waals surface area contributed by atoms with E-state index in [2.05, 4.69) is 65.7 Å². The Kier molecular flexibility index (Phi) is 4.08. The summed E-state index contributed by atoms with van der Waals surface area (Å²) >= 11 is 0. The molecule has 1 aromatic carbocycles. The molecule has 4 nitrogen and oxygen atoms in total. The average Bonchev–Trinajstić information content (AvgIpc) is 2.94. The van der Waals surface area contributed by atoms with Crippen LogP contribution < -0.4 is 0 Å². The van der Waals surface area contributed by atoms with Gasteiger partial charge in [0.2, 0.25) is 0 Å². The van der Waals surface area contributed by atoms with E-state index in [0.29, 0.717) is 0 Å². The van der Waals surface area contributed by atoms with Crippen LogP contribution in [0.3, 0.4) is 0 Å². The van der Waals surface area contributed by atoms with E-state index in [1.807, 2.05) is 12.1 Å². The van der Waals surface area contributed by atoms with Gasteiger partial charge in [0.25, 0.3) is 0 Å². The molecule has 4 heteroatoms. The summed E-state index contributed by atoms with van der Waals surface area (Å²) in [6.45, 7) is 7.09. The summed E-state index contributed by atoms with van der Waals surface area (Å²) in [5, 5.41) is 0. The summed E-state index contributed by atoms with van der Waals surface area (Å²) in [7, 11) is 0. The van der Waals surface area contributed by atoms with Crippen LogP contribution in [0.4, 0.5) is 0 Å². The fourth-order valence-corrected chi connectivity index (χ4v) is 3.65. The van der Waals surface area contributed by atoms with Crippen molar-refractivity contribution in [2.75, 3.05) is 13.1 Å². The molecule has 1 aliphatic heterocycles. The van der Waals surface area contributed by atoms with Crippen molar-refractivity contribution in [3.63, 3.8) is 0 Å². The van der Waals surface area contributed by atoms with Crippen molar-refractivity contribution in [2.45, 2.75) is 32.6 Å². The summed E-state index contributed by atoms with van der Waals surface area (Å²) in [5.41, 5.74) is 4.50. The lowest BCUT2D eigenvalue weighted by atomic mass is 10.1. The predicted molar refractivity (Wildman–Crippen MR) is 95.9 cm³/mol. The predicted octanol–water partition coefficient (Wildman–Crippen LogP) is 3.61. The van der Waals surface area contributed by atoms with Crippen LogP contribution in [0.5, 0.6) is 0 Å². The van der Waals surface area contributed by atoms with Crippen molar-refractivity contribution >= 4 is 5.65 Å². The molecule has 1 saturated heterocycles. The molecule has 3 aromatic rings. The number of pyridine rings is 1. The number of ether oxygens (including phenoxy) is 1. The largest absolute Gasteiger partial charge is 0.373 e. The first-order chi connectivity index (χ1) is 11.7. The Labute approximate surface area is 142 Å². The minimum atomic E-state index is 0.271. The van der Waals surface area contributed by atoms with Gasteiger partial charge in [-0.1, -0.05) is 36.4 Å². The number of rotatable bonds is 3. The quantitative estimate of drug-likeness (QED) is 0.738. The van der Waals surface area contributed by atoms with E-state index < -0.39 is 0 Å². The Hall–Kier alpha value is -2.17. The second-order valence-corrected chi connectivity index (χ2v) is 6.65. The lowest BCUT2D eigenvalue weighted by Crippen LogP contribution is -2.45. The van der Waals surface area contributed by atoms with Gasteiger partial charge in [-0.3, -0.25) is 4.90 Å². The number of benzene rings is 1. The van der Waals surface area contributed by atoms with Gasteiger partial charge < -0.3 is 9.14 Å². The summed E-state index contributed by atoms with van der Waals surface area (Å²) in [6, 6.07) is 16.6. The van der Waals surface area contributed by atoms with Gasteiger partial charge in [0, 0.05) is 31.4 Å². The van der Waals surface area contributed by atoms with E-state index in [-0.39, 0.29) is 12.2 Å². The number of hydrogen-bond acceptors (Lipinski definition) is 3. The van der Waals surface area contributed by atoms with Crippen LogP contribution in [0.15, 0.2) is 54.7 Å². The first kappa shape index (κ1) is 15.4. The van der Waals surface area contributed by atoms with Crippen molar-refractivity contribution < 1.29 is 4.74 Å². The Balaban J connectivity index is 1.75. The molecule has 124 valence electrons. The zero-order chi connectivity index (χ0) is 16.5. The molecular formula is C20H23N3O. The molecular weight excluding hydrogens is 298 g/mol. The molecule has 3 heterocycles. The smallest absolute Gasteiger partial charge is 0.137 e. The number of fused-ring (bicyclic) bond motifs is 1. The highest BCUT2D eigenvalue weighted by atomic mass is 16.5.